The van der Waals surface area contributed by atoms with Gasteiger partial charge in [0, 0.05) is 6.42 Å². The summed E-state index contributed by atoms with van der Waals surface area (Å²) in [7, 11) is -4.70. The Labute approximate surface area is 240 Å². The van der Waals surface area contributed by atoms with Crippen LogP contribution >= 0.6 is 7.82 Å². The van der Waals surface area contributed by atoms with E-state index in [9.17, 15) is 14.5 Å². The number of carbonyl (C=O) groups excluding carboxylic acids is 1. The van der Waals surface area contributed by atoms with E-state index in [1.807, 2.05) is 6.08 Å². The first kappa shape index (κ1) is 38.3. The van der Waals surface area contributed by atoms with Gasteiger partial charge in [-0.2, -0.15) is 0 Å². The number of phosphoric ester groups is 1. The molecule has 0 unspecified atom stereocenters. The van der Waals surface area contributed by atoms with Gasteiger partial charge in [0.15, 0.2) is 0 Å². The third-order valence-corrected chi connectivity index (χ3v) is 7.73. The molecule has 0 aromatic heterocycles. The highest BCUT2D eigenvalue weighted by Crippen LogP contribution is 2.35. The summed E-state index contributed by atoms with van der Waals surface area (Å²) in [4.78, 5) is 30.5. The van der Waals surface area contributed by atoms with Gasteiger partial charge in [-0.25, -0.2) is 4.57 Å². The van der Waals surface area contributed by atoms with E-state index in [0.29, 0.717) is 6.42 Å². The molecule has 0 aromatic rings. The number of unbranched alkanes of at least 4 members (excludes halogenated alkanes) is 20. The molecule has 0 spiro atoms. The lowest BCUT2D eigenvalue weighted by molar-refractivity contribution is -0.123. The fourth-order valence-corrected chi connectivity index (χ4v) is 5.11. The number of aliphatic hydroxyl groups is 1. The van der Waals surface area contributed by atoms with E-state index in [2.05, 4.69) is 23.7 Å². The molecule has 1 amide bonds. The minimum atomic E-state index is -4.70. The van der Waals surface area contributed by atoms with Crippen LogP contribution in [0, 0.1) is 0 Å². The second-order valence-electron chi connectivity index (χ2n) is 11.1. The lowest BCUT2D eigenvalue weighted by Crippen LogP contribution is -2.45. The van der Waals surface area contributed by atoms with E-state index >= 15 is 0 Å². The van der Waals surface area contributed by atoms with E-state index < -0.39 is 26.6 Å². The normalized spacial score (nSPS) is 13.7. The van der Waals surface area contributed by atoms with Gasteiger partial charge in [-0.05, 0) is 19.3 Å². The standard InChI is InChI=1S/C31H62NO6P/c1-3-5-7-9-11-13-15-16-17-18-20-22-24-26-30(33)29(28-38-39(35,36)37)32-31(34)27-25-23-21-19-14-12-10-8-6-4-2/h24,26,29-30,33H,3-23,25,27-28H2,1-2H3,(H,32,34)(H2,35,36,37)/b26-24+/t29-,30+/m0/s1. The van der Waals surface area contributed by atoms with Crippen molar-refractivity contribution in [2.24, 2.45) is 0 Å². The van der Waals surface area contributed by atoms with Crippen molar-refractivity contribution < 1.29 is 28.8 Å². The molecule has 0 rings (SSSR count). The first-order valence-corrected chi connectivity index (χ1v) is 17.7. The minimum Gasteiger partial charge on any atom is -0.387 e. The summed E-state index contributed by atoms with van der Waals surface area (Å²) < 4.78 is 15.8. The molecule has 0 fully saturated rings. The number of hydrogen-bond donors (Lipinski definition) is 4. The van der Waals surface area contributed by atoms with Gasteiger partial charge >= 0.3 is 7.82 Å². The highest BCUT2D eigenvalue weighted by Gasteiger charge is 2.24. The summed E-state index contributed by atoms with van der Waals surface area (Å²) in [6.07, 6.45) is 29.4. The van der Waals surface area contributed by atoms with Crippen LogP contribution in [0.3, 0.4) is 0 Å². The van der Waals surface area contributed by atoms with Crippen molar-refractivity contribution >= 4 is 13.7 Å². The van der Waals surface area contributed by atoms with E-state index in [0.717, 1.165) is 38.5 Å². The van der Waals surface area contributed by atoms with Crippen molar-refractivity contribution in [3.8, 4) is 0 Å². The second kappa shape index (κ2) is 27.4. The number of phosphoric acid groups is 1. The van der Waals surface area contributed by atoms with Crippen molar-refractivity contribution in [3.63, 3.8) is 0 Å². The van der Waals surface area contributed by atoms with Gasteiger partial charge in [0.1, 0.15) is 0 Å². The number of nitrogens with one attached hydrogen (secondary N) is 1. The summed E-state index contributed by atoms with van der Waals surface area (Å²) in [5.41, 5.74) is 0. The molecule has 232 valence electrons. The molecule has 2 atom stereocenters. The Hall–Kier alpha value is -0.720. The largest absolute Gasteiger partial charge is 0.469 e. The molecule has 7 nitrogen and oxygen atoms in total. The van der Waals surface area contributed by atoms with Gasteiger partial charge < -0.3 is 20.2 Å². The van der Waals surface area contributed by atoms with Crippen molar-refractivity contribution in [2.45, 2.75) is 174 Å². The first-order chi connectivity index (χ1) is 18.8. The molecule has 8 heteroatoms. The van der Waals surface area contributed by atoms with Gasteiger partial charge in [-0.1, -0.05) is 148 Å². The zero-order valence-electron chi connectivity index (χ0n) is 25.3. The van der Waals surface area contributed by atoms with Crippen LogP contribution in [0.1, 0.15) is 162 Å². The van der Waals surface area contributed by atoms with Crippen LogP contribution in [0.25, 0.3) is 0 Å². The molecule has 0 aliphatic heterocycles. The van der Waals surface area contributed by atoms with Gasteiger partial charge in [0.05, 0.1) is 18.8 Å². The van der Waals surface area contributed by atoms with Crippen LogP contribution in [0.2, 0.25) is 0 Å². The first-order valence-electron chi connectivity index (χ1n) is 16.1. The van der Waals surface area contributed by atoms with Crippen LogP contribution in [0.15, 0.2) is 12.2 Å². The maximum absolute atomic E-state index is 12.4. The summed E-state index contributed by atoms with van der Waals surface area (Å²) >= 11 is 0. The van der Waals surface area contributed by atoms with Crippen LogP contribution in [-0.2, 0) is 13.9 Å². The van der Waals surface area contributed by atoms with E-state index in [4.69, 9.17) is 9.79 Å². The van der Waals surface area contributed by atoms with Crippen LogP contribution < -0.4 is 5.32 Å². The maximum Gasteiger partial charge on any atom is 0.469 e. The number of aliphatic hydroxyl groups excluding tert-OH is 1. The van der Waals surface area contributed by atoms with Gasteiger partial charge in [0.2, 0.25) is 5.91 Å². The Morgan fingerprint density at radius 3 is 1.56 bits per heavy atom. The van der Waals surface area contributed by atoms with E-state index in [-0.39, 0.29) is 5.91 Å². The topological polar surface area (TPSA) is 116 Å². The maximum atomic E-state index is 12.4. The number of allylic oxidation sites excluding steroid dienone is 1. The number of hydrogen-bond acceptors (Lipinski definition) is 4. The third-order valence-electron chi connectivity index (χ3n) is 7.25. The Kier molecular flexibility index (Phi) is 26.9. The van der Waals surface area contributed by atoms with E-state index in [1.54, 1.807) is 6.08 Å². The molecule has 0 radical (unpaired) electrons. The fraction of sp³-hybridized carbons (Fsp3) is 0.903. The number of carbonyl (C=O) groups is 1. The quantitative estimate of drug-likeness (QED) is 0.0404. The van der Waals surface area contributed by atoms with Gasteiger partial charge in [-0.15, -0.1) is 0 Å². The predicted molar refractivity (Wildman–Crippen MR) is 163 cm³/mol. The summed E-state index contributed by atoms with van der Waals surface area (Å²) in [6.45, 7) is 4.02. The molecule has 39 heavy (non-hydrogen) atoms. The molecule has 4 N–H and O–H groups in total. The van der Waals surface area contributed by atoms with Crippen molar-refractivity contribution in [1.82, 2.24) is 5.32 Å². The van der Waals surface area contributed by atoms with Crippen LogP contribution in [0.4, 0.5) is 0 Å². The lowest BCUT2D eigenvalue weighted by Gasteiger charge is -2.22. The van der Waals surface area contributed by atoms with E-state index in [1.165, 1.54) is 103 Å². The average molecular weight is 576 g/mol. The van der Waals surface area contributed by atoms with Gasteiger partial charge in [-0.3, -0.25) is 9.32 Å². The predicted octanol–water partition coefficient (Wildman–Crippen LogP) is 8.51. The molecule has 0 bridgehead atoms. The SMILES string of the molecule is CCCCCCCCCCCCC/C=C/[C@@H](O)[C@H](COP(=O)(O)O)NC(=O)CCCCCCCCCCCC. The van der Waals surface area contributed by atoms with Gasteiger partial charge in [0.25, 0.3) is 0 Å². The van der Waals surface area contributed by atoms with Crippen molar-refractivity contribution in [3.05, 3.63) is 12.2 Å². The fourth-order valence-electron chi connectivity index (χ4n) is 4.75. The molecule has 0 aliphatic carbocycles. The molecule has 0 aliphatic rings. The smallest absolute Gasteiger partial charge is 0.387 e. The monoisotopic (exact) mass is 575 g/mol. The zero-order chi connectivity index (χ0) is 29.0. The summed E-state index contributed by atoms with van der Waals surface area (Å²) in [5.74, 6) is -0.230. The molecule has 0 saturated heterocycles. The zero-order valence-corrected chi connectivity index (χ0v) is 26.2. The highest BCUT2D eigenvalue weighted by atomic mass is 31.2. The summed E-state index contributed by atoms with van der Waals surface area (Å²) in [6, 6.07) is -0.901. The minimum absolute atomic E-state index is 0.230. The van der Waals surface area contributed by atoms with Crippen molar-refractivity contribution in [1.29, 1.82) is 0 Å². The summed E-state index contributed by atoms with van der Waals surface area (Å²) in [5, 5.41) is 13.3. The molecule has 0 heterocycles. The molecular formula is C31H62NO6P. The Bertz CT molecular complexity index is 624. The van der Waals surface area contributed by atoms with Crippen LogP contribution in [0.5, 0.6) is 0 Å². The number of amides is 1. The Morgan fingerprint density at radius 2 is 1.13 bits per heavy atom. The Morgan fingerprint density at radius 1 is 0.718 bits per heavy atom. The average Bonchev–Trinajstić information content (AvgIpc) is 2.89. The third kappa shape index (κ3) is 28.6. The van der Waals surface area contributed by atoms with Crippen molar-refractivity contribution in [2.75, 3.05) is 6.61 Å². The lowest BCUT2D eigenvalue weighted by atomic mass is 10.0. The highest BCUT2D eigenvalue weighted by molar-refractivity contribution is 7.46. The second-order valence-corrected chi connectivity index (χ2v) is 12.4. The Balaban J connectivity index is 4.13. The molecule has 0 aromatic carbocycles. The molecule has 0 saturated carbocycles. The molecular weight excluding hydrogens is 513 g/mol. The number of rotatable bonds is 29. The van der Waals surface area contributed by atoms with Crippen LogP contribution in [-0.4, -0.2) is 39.6 Å².